The van der Waals surface area contributed by atoms with Gasteiger partial charge in [-0.25, -0.2) is 5.84 Å². The van der Waals surface area contributed by atoms with Crippen molar-refractivity contribution in [2.45, 2.75) is 78.7 Å². The van der Waals surface area contributed by atoms with Crippen molar-refractivity contribution in [3.05, 3.63) is 42.0 Å². The lowest BCUT2D eigenvalue weighted by atomic mass is 9.62. The van der Waals surface area contributed by atoms with E-state index < -0.39 is 5.60 Å². The van der Waals surface area contributed by atoms with Crippen molar-refractivity contribution in [3.63, 3.8) is 0 Å². The highest BCUT2D eigenvalue weighted by Crippen LogP contribution is 2.47. The number of hydrogen-bond acceptors (Lipinski definition) is 4. The normalized spacial score (nSPS) is 18.6. The fraction of sp³-hybridized carbons (Fsp3) is 0.615. The van der Waals surface area contributed by atoms with E-state index in [-0.39, 0.29) is 29.1 Å². The van der Waals surface area contributed by atoms with Crippen LogP contribution in [0.2, 0.25) is 0 Å². The molecule has 0 aromatic heterocycles. The van der Waals surface area contributed by atoms with Crippen LogP contribution in [0.4, 0.5) is 0 Å². The third-order valence-electron chi connectivity index (χ3n) is 6.36. The quantitative estimate of drug-likeness (QED) is 0.230. The van der Waals surface area contributed by atoms with E-state index in [1.54, 1.807) is 0 Å². The number of nitrogens with one attached hydrogen (secondary N) is 1. The topological polar surface area (TPSA) is 81.4 Å². The van der Waals surface area contributed by atoms with E-state index in [1.807, 2.05) is 58.0 Å². The van der Waals surface area contributed by atoms with Crippen LogP contribution in [0.15, 0.2) is 36.4 Å². The van der Waals surface area contributed by atoms with E-state index in [0.29, 0.717) is 18.8 Å². The third kappa shape index (κ3) is 7.80. The van der Waals surface area contributed by atoms with Gasteiger partial charge in [0.05, 0.1) is 5.92 Å². The Morgan fingerprint density at radius 3 is 2.35 bits per heavy atom. The Bertz CT molecular complexity index is 750. The molecule has 1 aliphatic carbocycles. The second-order valence-corrected chi connectivity index (χ2v) is 10.4. The minimum absolute atomic E-state index is 0.188. The Kier molecular flexibility index (Phi) is 8.87. The van der Waals surface area contributed by atoms with Crippen LogP contribution in [-0.2, 0) is 14.3 Å². The lowest BCUT2D eigenvalue weighted by Crippen LogP contribution is -2.43. The van der Waals surface area contributed by atoms with E-state index in [2.05, 4.69) is 24.5 Å². The van der Waals surface area contributed by atoms with Gasteiger partial charge in [0.25, 0.3) is 0 Å². The van der Waals surface area contributed by atoms with Gasteiger partial charge in [-0.05, 0) is 56.9 Å². The Balaban J connectivity index is 2.31. The SMILES string of the molecule is CC(C[C@@](C)(CC1CCC1)[C@H](C/C=C/c1ccccc1)C(=O)OC(C)(C)C)C(=O)NN. The molecule has 0 heterocycles. The van der Waals surface area contributed by atoms with Crippen LogP contribution >= 0.6 is 0 Å². The summed E-state index contributed by atoms with van der Waals surface area (Å²) >= 11 is 0. The Labute approximate surface area is 187 Å². The monoisotopic (exact) mass is 428 g/mol. The molecule has 1 aromatic rings. The Hall–Kier alpha value is -2.14. The summed E-state index contributed by atoms with van der Waals surface area (Å²) in [6.07, 6.45) is 9.82. The molecule has 3 atom stereocenters. The van der Waals surface area contributed by atoms with Gasteiger partial charge in [-0.2, -0.15) is 0 Å². The molecule has 1 aromatic carbocycles. The number of allylic oxidation sites excluding steroid dienone is 1. The van der Waals surface area contributed by atoms with Crippen LogP contribution in [0.25, 0.3) is 6.08 Å². The zero-order valence-electron chi connectivity index (χ0n) is 19.8. The molecular weight excluding hydrogens is 388 g/mol. The van der Waals surface area contributed by atoms with Gasteiger partial charge in [-0.15, -0.1) is 0 Å². The molecule has 5 nitrogen and oxygen atoms in total. The van der Waals surface area contributed by atoms with Crippen molar-refractivity contribution in [2.75, 3.05) is 0 Å². The summed E-state index contributed by atoms with van der Waals surface area (Å²) in [7, 11) is 0. The van der Waals surface area contributed by atoms with E-state index in [1.165, 1.54) is 19.3 Å². The van der Waals surface area contributed by atoms with Gasteiger partial charge in [0.2, 0.25) is 5.91 Å². The first kappa shape index (κ1) is 25.1. The van der Waals surface area contributed by atoms with Crippen LogP contribution in [0.5, 0.6) is 0 Å². The fourth-order valence-electron chi connectivity index (χ4n) is 4.60. The van der Waals surface area contributed by atoms with Gasteiger partial charge < -0.3 is 4.74 Å². The summed E-state index contributed by atoms with van der Waals surface area (Å²) in [5.74, 6) is 5.00. The molecule has 5 heteroatoms. The predicted molar refractivity (Wildman–Crippen MR) is 126 cm³/mol. The van der Waals surface area contributed by atoms with Crippen LogP contribution in [-0.4, -0.2) is 17.5 Å². The molecular formula is C26H40N2O3. The minimum Gasteiger partial charge on any atom is -0.460 e. The maximum Gasteiger partial charge on any atom is 0.310 e. The number of benzene rings is 1. The summed E-state index contributed by atoms with van der Waals surface area (Å²) in [5.41, 5.74) is 2.45. The van der Waals surface area contributed by atoms with Gasteiger partial charge in [0.15, 0.2) is 0 Å². The molecule has 1 saturated carbocycles. The number of amides is 1. The molecule has 1 unspecified atom stereocenters. The molecule has 0 radical (unpaired) electrons. The van der Waals surface area contributed by atoms with Crippen molar-refractivity contribution in [3.8, 4) is 0 Å². The first-order chi connectivity index (χ1) is 14.5. The molecule has 0 bridgehead atoms. The van der Waals surface area contributed by atoms with Gasteiger partial charge >= 0.3 is 5.97 Å². The van der Waals surface area contributed by atoms with Crippen molar-refractivity contribution in [1.29, 1.82) is 0 Å². The predicted octanol–water partition coefficient (Wildman–Crippen LogP) is 5.26. The van der Waals surface area contributed by atoms with Crippen LogP contribution in [0.3, 0.4) is 0 Å². The molecule has 31 heavy (non-hydrogen) atoms. The van der Waals surface area contributed by atoms with E-state index >= 15 is 0 Å². The average molecular weight is 429 g/mol. The Morgan fingerprint density at radius 1 is 1.19 bits per heavy atom. The van der Waals surface area contributed by atoms with Gasteiger partial charge in [-0.3, -0.25) is 15.0 Å². The second kappa shape index (κ2) is 10.9. The molecule has 0 spiro atoms. The number of hydrogen-bond donors (Lipinski definition) is 2. The number of esters is 1. The lowest BCUT2D eigenvalue weighted by Gasteiger charge is -2.43. The summed E-state index contributed by atoms with van der Waals surface area (Å²) in [6.45, 7) is 9.73. The number of ether oxygens (including phenoxy) is 1. The van der Waals surface area contributed by atoms with Crippen molar-refractivity contribution in [2.24, 2.45) is 29.0 Å². The highest BCUT2D eigenvalue weighted by atomic mass is 16.6. The lowest BCUT2D eigenvalue weighted by molar-refractivity contribution is -0.166. The number of carbonyl (C=O) groups excluding carboxylic acids is 2. The van der Waals surface area contributed by atoms with Crippen LogP contribution in [0.1, 0.15) is 78.7 Å². The van der Waals surface area contributed by atoms with Crippen molar-refractivity contribution >= 4 is 18.0 Å². The zero-order valence-corrected chi connectivity index (χ0v) is 19.8. The number of hydrazine groups is 1. The highest BCUT2D eigenvalue weighted by molar-refractivity contribution is 5.78. The van der Waals surface area contributed by atoms with Gasteiger partial charge in [0.1, 0.15) is 5.60 Å². The molecule has 1 aliphatic rings. The minimum atomic E-state index is -0.559. The first-order valence-corrected chi connectivity index (χ1v) is 11.5. The molecule has 1 fully saturated rings. The summed E-state index contributed by atoms with van der Waals surface area (Å²) in [6, 6.07) is 10.1. The maximum atomic E-state index is 13.4. The largest absolute Gasteiger partial charge is 0.460 e. The van der Waals surface area contributed by atoms with Gasteiger partial charge in [0, 0.05) is 5.92 Å². The van der Waals surface area contributed by atoms with E-state index in [4.69, 9.17) is 10.6 Å². The second-order valence-electron chi connectivity index (χ2n) is 10.4. The van der Waals surface area contributed by atoms with E-state index in [0.717, 1.165) is 12.0 Å². The highest BCUT2D eigenvalue weighted by Gasteiger charge is 2.44. The molecule has 0 aliphatic heterocycles. The molecule has 172 valence electrons. The van der Waals surface area contributed by atoms with E-state index in [9.17, 15) is 9.59 Å². The molecule has 0 saturated heterocycles. The third-order valence-corrected chi connectivity index (χ3v) is 6.36. The summed E-state index contributed by atoms with van der Waals surface area (Å²) in [4.78, 5) is 25.6. The van der Waals surface area contributed by atoms with Crippen molar-refractivity contribution < 1.29 is 14.3 Å². The summed E-state index contributed by atoms with van der Waals surface area (Å²) < 4.78 is 5.85. The van der Waals surface area contributed by atoms with Crippen LogP contribution < -0.4 is 11.3 Å². The van der Waals surface area contributed by atoms with Crippen molar-refractivity contribution in [1.82, 2.24) is 5.43 Å². The maximum absolute atomic E-state index is 13.4. The molecule has 2 rings (SSSR count). The Morgan fingerprint density at radius 2 is 1.84 bits per heavy atom. The standard InChI is InChI=1S/C26H40N2O3/c1-19(23(29)28-27)17-26(5,18-21-14-9-15-21)22(24(30)31-25(2,3)4)16-10-13-20-11-7-6-8-12-20/h6-8,10-13,19,21-22H,9,14-18,27H2,1-5H3,(H,28,29)/b13-10+/t19?,22-,26+/m1/s1. The molecule has 1 amide bonds. The van der Waals surface area contributed by atoms with Crippen LogP contribution in [0, 0.1) is 23.2 Å². The smallest absolute Gasteiger partial charge is 0.310 e. The van der Waals surface area contributed by atoms with Gasteiger partial charge in [-0.1, -0.05) is 75.6 Å². The summed E-state index contributed by atoms with van der Waals surface area (Å²) in [5, 5.41) is 0. The fourth-order valence-corrected chi connectivity index (χ4v) is 4.60. The molecule has 3 N–H and O–H groups in total. The first-order valence-electron chi connectivity index (χ1n) is 11.5. The zero-order chi connectivity index (χ0) is 23.1. The number of carbonyl (C=O) groups is 2. The number of nitrogens with two attached hydrogens (primary N) is 1. The number of rotatable bonds is 10. The average Bonchev–Trinajstić information content (AvgIpc) is 2.66.